The molecule has 0 unspecified atom stereocenters. The van der Waals surface area contributed by atoms with Gasteiger partial charge in [-0.3, -0.25) is 9.59 Å². The molecule has 1 fully saturated rings. The summed E-state index contributed by atoms with van der Waals surface area (Å²) in [6.07, 6.45) is 0. The molecule has 2 aromatic carbocycles. The van der Waals surface area contributed by atoms with Gasteiger partial charge in [-0.05, 0) is 41.0 Å². The number of ether oxygens (including phenoxy) is 2. The molecule has 1 saturated heterocycles. The van der Waals surface area contributed by atoms with E-state index in [4.69, 9.17) is 15.0 Å². The average molecular weight is 423 g/mol. The number of carbonyl (C=O) groups is 2. The minimum absolute atomic E-state index is 0.0161. The Labute approximate surface area is 176 Å². The molecular weight excluding hydrogens is 406 g/mol. The second-order valence-electron chi connectivity index (χ2n) is 7.28. The highest BCUT2D eigenvalue weighted by atomic mass is 32.2. The number of azide groups is 1. The van der Waals surface area contributed by atoms with Crippen molar-refractivity contribution in [2.75, 3.05) is 42.0 Å². The van der Waals surface area contributed by atoms with E-state index in [0.717, 1.165) is 35.2 Å². The molecule has 0 aromatic heterocycles. The van der Waals surface area contributed by atoms with E-state index < -0.39 is 5.91 Å². The van der Waals surface area contributed by atoms with Crippen molar-refractivity contribution in [2.24, 2.45) is 11.0 Å². The van der Waals surface area contributed by atoms with Gasteiger partial charge in [-0.2, -0.15) is 0 Å². The number of benzene rings is 2. The maximum absolute atomic E-state index is 12.6. The zero-order valence-corrected chi connectivity index (χ0v) is 16.7. The van der Waals surface area contributed by atoms with Gasteiger partial charge in [0, 0.05) is 52.7 Å². The Morgan fingerprint density at radius 3 is 2.87 bits per heavy atom. The van der Waals surface area contributed by atoms with E-state index >= 15 is 0 Å². The van der Waals surface area contributed by atoms with Crippen LogP contribution in [0.15, 0.2) is 46.4 Å². The zero-order valence-electron chi connectivity index (χ0n) is 15.9. The summed E-state index contributed by atoms with van der Waals surface area (Å²) in [6, 6.07) is 11.0. The largest absolute Gasteiger partial charge is 0.454 e. The number of rotatable bonds is 4. The number of carbonyl (C=O) groups excluding carboxylic acids is 2. The van der Waals surface area contributed by atoms with E-state index in [9.17, 15) is 9.59 Å². The second-order valence-corrected chi connectivity index (χ2v) is 8.30. The van der Waals surface area contributed by atoms with Gasteiger partial charge >= 0.3 is 0 Å². The van der Waals surface area contributed by atoms with E-state index in [0.29, 0.717) is 23.9 Å². The van der Waals surface area contributed by atoms with Crippen molar-refractivity contribution in [2.45, 2.75) is 4.90 Å². The van der Waals surface area contributed by atoms with E-state index in [1.54, 1.807) is 23.1 Å². The van der Waals surface area contributed by atoms with Crippen LogP contribution in [-0.4, -0.2) is 44.0 Å². The molecule has 0 atom stereocenters. The maximum atomic E-state index is 12.6. The summed E-state index contributed by atoms with van der Waals surface area (Å²) < 4.78 is 10.8. The van der Waals surface area contributed by atoms with Crippen LogP contribution in [-0.2, 0) is 4.79 Å². The first-order valence-electron chi connectivity index (χ1n) is 9.43. The summed E-state index contributed by atoms with van der Waals surface area (Å²) in [7, 11) is 0. The van der Waals surface area contributed by atoms with Crippen molar-refractivity contribution < 1.29 is 19.1 Å². The van der Waals surface area contributed by atoms with Gasteiger partial charge in [0.1, 0.15) is 0 Å². The minimum atomic E-state index is -0.652. The maximum Gasteiger partial charge on any atom is 0.249 e. The van der Waals surface area contributed by atoms with Gasteiger partial charge in [0.15, 0.2) is 11.5 Å². The van der Waals surface area contributed by atoms with Gasteiger partial charge in [0.05, 0.1) is 11.4 Å². The molecule has 5 rings (SSSR count). The fraction of sp³-hybridized carbons (Fsp3) is 0.300. The van der Waals surface area contributed by atoms with Crippen molar-refractivity contribution in [3.63, 3.8) is 0 Å². The summed E-state index contributed by atoms with van der Waals surface area (Å²) in [5.74, 6) is 1.56. The van der Waals surface area contributed by atoms with Crippen molar-refractivity contribution in [3.8, 4) is 11.5 Å². The van der Waals surface area contributed by atoms with Crippen molar-refractivity contribution in [1.82, 2.24) is 0 Å². The van der Waals surface area contributed by atoms with Crippen LogP contribution in [0, 0.1) is 5.92 Å². The predicted molar refractivity (Wildman–Crippen MR) is 111 cm³/mol. The second kappa shape index (κ2) is 7.47. The Balaban J connectivity index is 1.30. The van der Waals surface area contributed by atoms with Gasteiger partial charge < -0.3 is 19.3 Å². The van der Waals surface area contributed by atoms with Crippen LogP contribution in [0.5, 0.6) is 11.5 Å². The first-order valence-corrected chi connectivity index (χ1v) is 10.4. The third kappa shape index (κ3) is 3.30. The normalized spacial score (nSPS) is 17.3. The first kappa shape index (κ1) is 18.7. The summed E-state index contributed by atoms with van der Waals surface area (Å²) >= 11 is 1.45. The molecule has 30 heavy (non-hydrogen) atoms. The van der Waals surface area contributed by atoms with Gasteiger partial charge in [0.2, 0.25) is 18.6 Å². The average Bonchev–Trinajstić information content (AvgIpc) is 3.19. The van der Waals surface area contributed by atoms with Crippen LogP contribution in [0.4, 0.5) is 11.4 Å². The van der Waals surface area contributed by atoms with Crippen LogP contribution >= 0.6 is 11.8 Å². The molecule has 0 spiro atoms. The van der Waals surface area contributed by atoms with Crippen LogP contribution in [0.2, 0.25) is 0 Å². The van der Waals surface area contributed by atoms with Gasteiger partial charge in [-0.1, -0.05) is 0 Å². The molecule has 2 amide bonds. The number of amides is 2. The zero-order chi connectivity index (χ0) is 20.7. The Morgan fingerprint density at radius 1 is 1.20 bits per heavy atom. The van der Waals surface area contributed by atoms with Gasteiger partial charge in [-0.15, -0.1) is 11.8 Å². The first-order chi connectivity index (χ1) is 14.6. The molecule has 0 saturated carbocycles. The molecule has 3 heterocycles. The lowest BCUT2D eigenvalue weighted by molar-refractivity contribution is -0.116. The fourth-order valence-electron chi connectivity index (χ4n) is 3.87. The molecular formula is C20H17N5O4S. The highest BCUT2D eigenvalue weighted by Gasteiger charge is 2.34. The molecule has 3 aliphatic rings. The highest BCUT2D eigenvalue weighted by Crippen LogP contribution is 2.39. The third-order valence-electron chi connectivity index (χ3n) is 5.40. The SMILES string of the molecule is [N-]=[N+]=NC(=O)c1ccc2c(c1)N(CC1CN(c3ccc4c(c3)OCO4)C1)C(=O)CS2. The van der Waals surface area contributed by atoms with E-state index in [-0.39, 0.29) is 18.3 Å². The molecule has 152 valence electrons. The predicted octanol–water partition coefficient (Wildman–Crippen LogP) is 3.44. The van der Waals surface area contributed by atoms with E-state index in [2.05, 4.69) is 14.9 Å². The fourth-order valence-corrected chi connectivity index (χ4v) is 4.79. The summed E-state index contributed by atoms with van der Waals surface area (Å²) in [6.45, 7) is 2.47. The number of hydrogen-bond acceptors (Lipinski definition) is 6. The lowest BCUT2D eigenvalue weighted by Gasteiger charge is -2.44. The van der Waals surface area contributed by atoms with Crippen LogP contribution in [0.3, 0.4) is 0 Å². The monoisotopic (exact) mass is 423 g/mol. The quantitative estimate of drug-likeness (QED) is 0.423. The third-order valence-corrected chi connectivity index (χ3v) is 6.45. The Morgan fingerprint density at radius 2 is 2.03 bits per heavy atom. The van der Waals surface area contributed by atoms with Crippen molar-refractivity contribution in [3.05, 3.63) is 52.4 Å². The lowest BCUT2D eigenvalue weighted by atomic mass is 9.97. The number of anilines is 2. The Hall–Kier alpha value is -3.36. The van der Waals surface area contributed by atoms with Crippen LogP contribution < -0.4 is 19.3 Å². The molecule has 9 nitrogen and oxygen atoms in total. The molecule has 2 aromatic rings. The molecule has 10 heteroatoms. The van der Waals surface area contributed by atoms with Crippen molar-refractivity contribution in [1.29, 1.82) is 0 Å². The molecule has 0 radical (unpaired) electrons. The summed E-state index contributed by atoms with van der Waals surface area (Å²) in [5, 5.41) is 3.15. The molecule has 0 N–H and O–H groups in total. The highest BCUT2D eigenvalue weighted by molar-refractivity contribution is 8.00. The van der Waals surface area contributed by atoms with Gasteiger partial charge in [0.25, 0.3) is 0 Å². The standard InChI is InChI=1S/C20H17N5O4S/c21-23-22-20(27)13-1-4-18-15(5-13)25(19(26)10-30-18)9-12-7-24(8-12)14-2-3-16-17(6-14)29-11-28-16/h1-6,12H,7-11H2. The lowest BCUT2D eigenvalue weighted by Crippen LogP contribution is -2.53. The topological polar surface area (TPSA) is 108 Å². The minimum Gasteiger partial charge on any atom is -0.454 e. The summed E-state index contributed by atoms with van der Waals surface area (Å²) in [4.78, 5) is 32.0. The van der Waals surface area contributed by atoms with E-state index in [1.807, 2.05) is 18.2 Å². The number of hydrogen-bond donors (Lipinski definition) is 0. The molecule has 0 aliphatic carbocycles. The van der Waals surface area contributed by atoms with Crippen molar-refractivity contribution >= 4 is 35.0 Å². The van der Waals surface area contributed by atoms with Crippen LogP contribution in [0.1, 0.15) is 10.4 Å². The number of fused-ring (bicyclic) bond motifs is 2. The van der Waals surface area contributed by atoms with Crippen LogP contribution in [0.25, 0.3) is 10.4 Å². The van der Waals surface area contributed by atoms with Gasteiger partial charge in [-0.25, -0.2) is 0 Å². The Kier molecular flexibility index (Phi) is 4.65. The Bertz CT molecular complexity index is 1090. The molecule has 3 aliphatic heterocycles. The molecule has 0 bridgehead atoms. The number of nitrogens with zero attached hydrogens (tertiary/aromatic N) is 5. The smallest absolute Gasteiger partial charge is 0.249 e. The summed E-state index contributed by atoms with van der Waals surface area (Å²) in [5.41, 5.74) is 10.6. The van der Waals surface area contributed by atoms with E-state index in [1.165, 1.54) is 11.8 Å². The number of thioether (sulfide) groups is 1.